The molecule has 3 rings (SSSR count). The van der Waals surface area contributed by atoms with E-state index in [4.69, 9.17) is 0 Å². The summed E-state index contributed by atoms with van der Waals surface area (Å²) in [5.41, 5.74) is 2.14. The molecule has 4 nitrogen and oxygen atoms in total. The van der Waals surface area contributed by atoms with E-state index in [0.717, 1.165) is 17.6 Å². The Kier molecular flexibility index (Phi) is 2.84. The Labute approximate surface area is 105 Å². The Bertz CT molecular complexity index is 652. The molecular weight excluding hydrogens is 224 g/mol. The molecule has 18 heavy (non-hydrogen) atoms. The average molecular weight is 236 g/mol. The predicted octanol–water partition coefficient (Wildman–Crippen LogP) is 2.64. The fraction of sp³-hybridized carbons (Fsp3) is 0.0714. The largest absolute Gasteiger partial charge is 0.378 e. The van der Waals surface area contributed by atoms with Gasteiger partial charge in [0.2, 0.25) is 0 Å². The van der Waals surface area contributed by atoms with Crippen molar-refractivity contribution in [2.45, 2.75) is 6.54 Å². The number of anilines is 1. The van der Waals surface area contributed by atoms with Gasteiger partial charge in [-0.25, -0.2) is 9.97 Å². The van der Waals surface area contributed by atoms with Crippen LogP contribution in [0.4, 0.5) is 5.69 Å². The zero-order valence-corrected chi connectivity index (χ0v) is 9.74. The summed E-state index contributed by atoms with van der Waals surface area (Å²) in [6, 6.07) is 8.36. The molecule has 0 amide bonds. The summed E-state index contributed by atoms with van der Waals surface area (Å²) in [7, 11) is 0. The van der Waals surface area contributed by atoms with Gasteiger partial charge in [0.05, 0.1) is 18.1 Å². The van der Waals surface area contributed by atoms with Gasteiger partial charge >= 0.3 is 0 Å². The van der Waals surface area contributed by atoms with Gasteiger partial charge in [0.1, 0.15) is 6.33 Å². The number of fused-ring (bicyclic) bond motifs is 1. The van der Waals surface area contributed by atoms with Gasteiger partial charge in [-0.05, 0) is 23.1 Å². The van der Waals surface area contributed by atoms with E-state index in [1.165, 1.54) is 17.3 Å². The first-order chi connectivity index (χ1) is 8.92. The first-order valence-electron chi connectivity index (χ1n) is 5.73. The number of benzene rings is 1. The van der Waals surface area contributed by atoms with Gasteiger partial charge in [-0.3, -0.25) is 4.98 Å². The van der Waals surface area contributed by atoms with Crippen LogP contribution in [0.1, 0.15) is 5.56 Å². The van der Waals surface area contributed by atoms with Crippen molar-refractivity contribution in [3.8, 4) is 0 Å². The van der Waals surface area contributed by atoms with E-state index in [1.807, 2.05) is 18.5 Å². The second-order valence-electron chi connectivity index (χ2n) is 4.04. The molecule has 3 aromatic rings. The molecule has 88 valence electrons. The highest BCUT2D eigenvalue weighted by Crippen LogP contribution is 2.15. The molecule has 4 heteroatoms. The Morgan fingerprint density at radius 2 is 1.78 bits per heavy atom. The van der Waals surface area contributed by atoms with Crippen molar-refractivity contribution in [3.05, 3.63) is 60.9 Å². The summed E-state index contributed by atoms with van der Waals surface area (Å²) in [4.78, 5) is 12.0. The van der Waals surface area contributed by atoms with Crippen molar-refractivity contribution in [1.29, 1.82) is 0 Å². The molecule has 0 unspecified atom stereocenters. The first-order valence-corrected chi connectivity index (χ1v) is 5.73. The van der Waals surface area contributed by atoms with Crippen LogP contribution in [-0.4, -0.2) is 15.0 Å². The molecule has 2 heterocycles. The predicted molar refractivity (Wildman–Crippen MR) is 71.1 cm³/mol. The van der Waals surface area contributed by atoms with Crippen molar-refractivity contribution >= 4 is 16.5 Å². The van der Waals surface area contributed by atoms with E-state index < -0.39 is 0 Å². The highest BCUT2D eigenvalue weighted by Gasteiger charge is 1.97. The van der Waals surface area contributed by atoms with Crippen LogP contribution in [0.15, 0.2) is 55.4 Å². The van der Waals surface area contributed by atoms with Crippen molar-refractivity contribution < 1.29 is 0 Å². The van der Waals surface area contributed by atoms with Crippen molar-refractivity contribution in [2.75, 3.05) is 5.32 Å². The van der Waals surface area contributed by atoms with Crippen LogP contribution in [0.2, 0.25) is 0 Å². The number of aromatic nitrogens is 3. The highest BCUT2D eigenvalue weighted by molar-refractivity contribution is 5.82. The minimum Gasteiger partial charge on any atom is -0.378 e. The summed E-state index contributed by atoms with van der Waals surface area (Å²) in [6.07, 6.45) is 8.73. The minimum absolute atomic E-state index is 0.756. The van der Waals surface area contributed by atoms with Crippen LogP contribution in [0, 0.1) is 0 Å². The van der Waals surface area contributed by atoms with Crippen molar-refractivity contribution in [1.82, 2.24) is 15.0 Å². The van der Waals surface area contributed by atoms with Crippen LogP contribution >= 0.6 is 0 Å². The fourth-order valence-electron chi connectivity index (χ4n) is 1.84. The summed E-state index contributed by atoms with van der Waals surface area (Å²) in [5, 5.41) is 5.64. The topological polar surface area (TPSA) is 50.7 Å². The molecule has 0 atom stereocenters. The van der Waals surface area contributed by atoms with Crippen molar-refractivity contribution in [2.24, 2.45) is 0 Å². The molecule has 2 aromatic heterocycles. The number of hydrogen-bond donors (Lipinski definition) is 1. The second-order valence-corrected chi connectivity index (χ2v) is 4.04. The SMILES string of the molecule is c1cc2cc(CNc3cncnc3)ccc2cn1. The maximum Gasteiger partial charge on any atom is 0.115 e. The molecule has 0 spiro atoms. The van der Waals surface area contributed by atoms with Crippen LogP contribution in [-0.2, 0) is 6.54 Å². The lowest BCUT2D eigenvalue weighted by Gasteiger charge is -2.06. The number of nitrogens with one attached hydrogen (secondary N) is 1. The Balaban J connectivity index is 1.79. The zero-order chi connectivity index (χ0) is 12.2. The number of rotatable bonds is 3. The van der Waals surface area contributed by atoms with E-state index in [2.05, 4.69) is 38.5 Å². The van der Waals surface area contributed by atoms with Gasteiger partial charge in [-0.2, -0.15) is 0 Å². The minimum atomic E-state index is 0.756. The third-order valence-electron chi connectivity index (χ3n) is 2.76. The fourth-order valence-corrected chi connectivity index (χ4v) is 1.84. The van der Waals surface area contributed by atoms with Gasteiger partial charge in [-0.1, -0.05) is 12.1 Å². The summed E-state index contributed by atoms with van der Waals surface area (Å²) in [6.45, 7) is 0.756. The molecule has 0 bridgehead atoms. The summed E-state index contributed by atoms with van der Waals surface area (Å²) < 4.78 is 0. The summed E-state index contributed by atoms with van der Waals surface area (Å²) >= 11 is 0. The van der Waals surface area contributed by atoms with Crippen molar-refractivity contribution in [3.63, 3.8) is 0 Å². The van der Waals surface area contributed by atoms with E-state index in [9.17, 15) is 0 Å². The number of pyridine rings is 1. The Hall–Kier alpha value is -2.49. The van der Waals surface area contributed by atoms with Crippen LogP contribution in [0.25, 0.3) is 10.8 Å². The molecule has 1 aromatic carbocycles. The molecule has 0 aliphatic heterocycles. The van der Waals surface area contributed by atoms with E-state index in [-0.39, 0.29) is 0 Å². The Morgan fingerprint density at radius 1 is 0.889 bits per heavy atom. The van der Waals surface area contributed by atoms with Gasteiger partial charge in [0.15, 0.2) is 0 Å². The lowest BCUT2D eigenvalue weighted by Crippen LogP contribution is -1.99. The number of hydrogen-bond acceptors (Lipinski definition) is 4. The van der Waals surface area contributed by atoms with E-state index in [0.29, 0.717) is 0 Å². The highest BCUT2D eigenvalue weighted by atomic mass is 14.9. The van der Waals surface area contributed by atoms with Crippen LogP contribution < -0.4 is 5.32 Å². The third-order valence-corrected chi connectivity index (χ3v) is 2.76. The molecule has 0 aliphatic carbocycles. The normalized spacial score (nSPS) is 10.4. The first kappa shape index (κ1) is 10.7. The molecule has 0 fully saturated rings. The maximum absolute atomic E-state index is 4.10. The molecule has 0 saturated carbocycles. The molecule has 0 aliphatic rings. The molecular formula is C14H12N4. The van der Waals surface area contributed by atoms with Gasteiger partial charge in [0, 0.05) is 24.3 Å². The molecule has 0 saturated heterocycles. The smallest absolute Gasteiger partial charge is 0.115 e. The standard InChI is InChI=1S/C14H12N4/c1-2-13-7-15-4-3-12(13)5-11(1)6-18-14-8-16-10-17-9-14/h1-5,7-10,18H,6H2. The molecule has 1 N–H and O–H groups in total. The van der Waals surface area contributed by atoms with Crippen LogP contribution in [0.3, 0.4) is 0 Å². The molecule has 0 radical (unpaired) electrons. The summed E-state index contributed by atoms with van der Waals surface area (Å²) in [5.74, 6) is 0. The lowest BCUT2D eigenvalue weighted by molar-refractivity contribution is 1.10. The zero-order valence-electron chi connectivity index (χ0n) is 9.74. The maximum atomic E-state index is 4.10. The Morgan fingerprint density at radius 3 is 2.67 bits per heavy atom. The van der Waals surface area contributed by atoms with Crippen LogP contribution in [0.5, 0.6) is 0 Å². The second kappa shape index (κ2) is 4.79. The number of nitrogens with zero attached hydrogens (tertiary/aromatic N) is 3. The third kappa shape index (κ3) is 2.27. The van der Waals surface area contributed by atoms with E-state index in [1.54, 1.807) is 12.4 Å². The van der Waals surface area contributed by atoms with Gasteiger partial charge < -0.3 is 5.32 Å². The van der Waals surface area contributed by atoms with Gasteiger partial charge in [-0.15, -0.1) is 0 Å². The quantitative estimate of drug-likeness (QED) is 0.759. The average Bonchev–Trinajstić information content (AvgIpc) is 2.46. The monoisotopic (exact) mass is 236 g/mol. The van der Waals surface area contributed by atoms with E-state index >= 15 is 0 Å². The lowest BCUT2D eigenvalue weighted by atomic mass is 10.1. The van der Waals surface area contributed by atoms with Gasteiger partial charge in [0.25, 0.3) is 0 Å².